The summed E-state index contributed by atoms with van der Waals surface area (Å²) in [5.74, 6) is -0.309. The monoisotopic (exact) mass is 339 g/mol. The van der Waals surface area contributed by atoms with Crippen molar-refractivity contribution in [1.29, 1.82) is 0 Å². The third-order valence-electron chi connectivity index (χ3n) is 4.12. The van der Waals surface area contributed by atoms with E-state index in [0.717, 1.165) is 22.1 Å². The molecule has 128 valence electrons. The van der Waals surface area contributed by atoms with Gasteiger partial charge in [0.1, 0.15) is 16.9 Å². The van der Waals surface area contributed by atoms with Gasteiger partial charge in [-0.15, -0.1) is 0 Å². The minimum atomic E-state index is -0.459. The average molecular weight is 339 g/mol. The number of benzene rings is 2. The third kappa shape index (κ3) is 3.31. The first-order valence-electron chi connectivity index (χ1n) is 7.82. The Labute approximate surface area is 145 Å². The highest BCUT2D eigenvalue weighted by Crippen LogP contribution is 2.32. The van der Waals surface area contributed by atoms with Crippen LogP contribution in [0.2, 0.25) is 0 Å². The summed E-state index contributed by atoms with van der Waals surface area (Å²) in [6.45, 7) is 1.91. The number of hydrogen-bond donors (Lipinski definition) is 0. The molecule has 0 amide bonds. The molecule has 0 radical (unpaired) electrons. The van der Waals surface area contributed by atoms with E-state index in [-0.39, 0.29) is 5.82 Å². The molecule has 0 fully saturated rings. The fourth-order valence-electron chi connectivity index (χ4n) is 2.88. The zero-order chi connectivity index (χ0) is 18.0. The molecule has 0 saturated carbocycles. The predicted octanol–water partition coefficient (Wildman–Crippen LogP) is 4.07. The molecule has 5 heteroatoms. The molecule has 0 aliphatic heterocycles. The first kappa shape index (κ1) is 16.9. The molecule has 0 spiro atoms. The lowest BCUT2D eigenvalue weighted by atomic mass is 10.00. The van der Waals surface area contributed by atoms with Gasteiger partial charge in [0.05, 0.1) is 14.2 Å². The lowest BCUT2D eigenvalue weighted by Crippen LogP contribution is -2.06. The summed E-state index contributed by atoms with van der Waals surface area (Å²) >= 11 is 0. The van der Waals surface area contributed by atoms with Crippen LogP contribution in [0.1, 0.15) is 27.0 Å². The molecule has 0 N–H and O–H groups in total. The standard InChI is InChI=1S/C20H18FNO3/c1-12-8-17(20(23)25-3)19(24-2)18-16(12)10-14(11-22-18)9-13-4-6-15(21)7-5-13/h4-8,10-11H,9H2,1-3H3. The van der Waals surface area contributed by atoms with E-state index in [1.54, 1.807) is 24.4 Å². The molecule has 0 saturated heterocycles. The molecule has 0 aliphatic rings. The van der Waals surface area contributed by atoms with E-state index in [9.17, 15) is 9.18 Å². The molecule has 1 heterocycles. The van der Waals surface area contributed by atoms with Gasteiger partial charge >= 0.3 is 5.97 Å². The highest BCUT2D eigenvalue weighted by atomic mass is 19.1. The summed E-state index contributed by atoms with van der Waals surface area (Å²) in [4.78, 5) is 16.5. The molecule has 3 aromatic rings. The van der Waals surface area contributed by atoms with Crippen molar-refractivity contribution in [3.8, 4) is 5.75 Å². The van der Waals surface area contributed by atoms with Crippen LogP contribution >= 0.6 is 0 Å². The van der Waals surface area contributed by atoms with Crippen molar-refractivity contribution in [2.75, 3.05) is 14.2 Å². The zero-order valence-corrected chi connectivity index (χ0v) is 14.3. The van der Waals surface area contributed by atoms with Gasteiger partial charge in [0.2, 0.25) is 0 Å². The van der Waals surface area contributed by atoms with E-state index in [4.69, 9.17) is 9.47 Å². The van der Waals surface area contributed by atoms with Crippen LogP contribution in [0.15, 0.2) is 42.6 Å². The SMILES string of the molecule is COC(=O)c1cc(C)c2cc(Cc3ccc(F)cc3)cnc2c1OC. The summed E-state index contributed by atoms with van der Waals surface area (Å²) in [5, 5.41) is 0.907. The number of hydrogen-bond acceptors (Lipinski definition) is 4. The van der Waals surface area contributed by atoms with E-state index in [2.05, 4.69) is 4.98 Å². The van der Waals surface area contributed by atoms with Crippen molar-refractivity contribution in [1.82, 2.24) is 4.98 Å². The normalized spacial score (nSPS) is 10.7. The minimum absolute atomic E-state index is 0.253. The maximum atomic E-state index is 13.0. The predicted molar refractivity (Wildman–Crippen MR) is 93.6 cm³/mol. The molecule has 25 heavy (non-hydrogen) atoms. The summed E-state index contributed by atoms with van der Waals surface area (Å²) in [5.41, 5.74) is 3.87. The number of halogens is 1. The smallest absolute Gasteiger partial charge is 0.341 e. The van der Waals surface area contributed by atoms with Crippen molar-refractivity contribution >= 4 is 16.9 Å². The molecule has 0 unspecified atom stereocenters. The Morgan fingerprint density at radius 1 is 1.12 bits per heavy atom. The Morgan fingerprint density at radius 2 is 1.84 bits per heavy atom. The fraction of sp³-hybridized carbons (Fsp3) is 0.200. The van der Waals surface area contributed by atoms with Crippen LogP contribution < -0.4 is 4.74 Å². The van der Waals surface area contributed by atoms with Crippen LogP contribution in [0.5, 0.6) is 5.75 Å². The van der Waals surface area contributed by atoms with Crippen molar-refractivity contribution in [2.24, 2.45) is 0 Å². The number of pyridine rings is 1. The molecule has 2 aromatic carbocycles. The first-order chi connectivity index (χ1) is 12.0. The van der Waals surface area contributed by atoms with Gasteiger partial charge in [-0.25, -0.2) is 9.18 Å². The Balaban J connectivity index is 2.07. The van der Waals surface area contributed by atoms with Gasteiger partial charge in [-0.05, 0) is 54.3 Å². The molecule has 0 atom stereocenters. The Hall–Kier alpha value is -2.95. The van der Waals surface area contributed by atoms with Crippen LogP contribution in [0.25, 0.3) is 10.9 Å². The van der Waals surface area contributed by atoms with Gasteiger partial charge in [-0.3, -0.25) is 4.98 Å². The summed E-state index contributed by atoms with van der Waals surface area (Å²) in [7, 11) is 2.84. The van der Waals surface area contributed by atoms with Gasteiger partial charge < -0.3 is 9.47 Å². The summed E-state index contributed by atoms with van der Waals surface area (Å²) in [6, 6.07) is 10.2. The second-order valence-corrected chi connectivity index (χ2v) is 5.81. The number of ether oxygens (including phenoxy) is 2. The lowest BCUT2D eigenvalue weighted by molar-refractivity contribution is 0.0597. The number of aromatic nitrogens is 1. The molecular weight excluding hydrogens is 321 g/mol. The number of carbonyl (C=O) groups excluding carboxylic acids is 1. The fourth-order valence-corrected chi connectivity index (χ4v) is 2.88. The highest BCUT2D eigenvalue weighted by molar-refractivity contribution is 6.01. The van der Waals surface area contributed by atoms with Gasteiger partial charge in [0, 0.05) is 11.6 Å². The van der Waals surface area contributed by atoms with Crippen molar-refractivity contribution in [2.45, 2.75) is 13.3 Å². The van der Waals surface area contributed by atoms with Gasteiger partial charge in [-0.1, -0.05) is 12.1 Å². The van der Waals surface area contributed by atoms with Crippen molar-refractivity contribution in [3.05, 3.63) is 70.7 Å². The summed E-state index contributed by atoms with van der Waals surface area (Å²) < 4.78 is 23.3. The second kappa shape index (κ2) is 6.89. The number of esters is 1. The number of carbonyl (C=O) groups is 1. The van der Waals surface area contributed by atoms with Crippen LogP contribution in [0.4, 0.5) is 4.39 Å². The highest BCUT2D eigenvalue weighted by Gasteiger charge is 2.19. The van der Waals surface area contributed by atoms with Crippen molar-refractivity contribution in [3.63, 3.8) is 0 Å². The summed E-state index contributed by atoms with van der Waals surface area (Å²) in [6.07, 6.45) is 2.39. The number of nitrogens with zero attached hydrogens (tertiary/aromatic N) is 1. The molecule has 1 aromatic heterocycles. The molecule has 0 bridgehead atoms. The Morgan fingerprint density at radius 3 is 2.48 bits per heavy atom. The van der Waals surface area contributed by atoms with Crippen molar-refractivity contribution < 1.29 is 18.7 Å². The zero-order valence-electron chi connectivity index (χ0n) is 14.3. The van der Waals surface area contributed by atoms with Crippen LogP contribution in [0, 0.1) is 12.7 Å². The van der Waals surface area contributed by atoms with E-state index in [1.807, 2.05) is 13.0 Å². The third-order valence-corrected chi connectivity index (χ3v) is 4.12. The van der Waals surface area contributed by atoms with E-state index in [1.165, 1.54) is 26.4 Å². The first-order valence-corrected chi connectivity index (χ1v) is 7.82. The Kier molecular flexibility index (Phi) is 4.65. The second-order valence-electron chi connectivity index (χ2n) is 5.81. The molecule has 4 nitrogen and oxygen atoms in total. The topological polar surface area (TPSA) is 48.4 Å². The largest absolute Gasteiger partial charge is 0.494 e. The molecule has 0 aliphatic carbocycles. The van der Waals surface area contributed by atoms with Crippen LogP contribution in [-0.2, 0) is 11.2 Å². The molecular formula is C20H18FNO3. The maximum absolute atomic E-state index is 13.0. The number of aryl methyl sites for hydroxylation is 1. The average Bonchev–Trinajstić information content (AvgIpc) is 2.63. The number of methoxy groups -OCH3 is 2. The van der Waals surface area contributed by atoms with E-state index in [0.29, 0.717) is 23.3 Å². The van der Waals surface area contributed by atoms with E-state index < -0.39 is 5.97 Å². The molecule has 3 rings (SSSR count). The van der Waals surface area contributed by atoms with Crippen LogP contribution in [0.3, 0.4) is 0 Å². The quantitative estimate of drug-likeness (QED) is 0.672. The van der Waals surface area contributed by atoms with E-state index >= 15 is 0 Å². The van der Waals surface area contributed by atoms with Gasteiger partial charge in [-0.2, -0.15) is 0 Å². The lowest BCUT2D eigenvalue weighted by Gasteiger charge is -2.13. The van der Waals surface area contributed by atoms with Crippen LogP contribution in [-0.4, -0.2) is 25.2 Å². The maximum Gasteiger partial charge on any atom is 0.341 e. The minimum Gasteiger partial charge on any atom is -0.494 e. The number of rotatable bonds is 4. The Bertz CT molecular complexity index is 936. The van der Waals surface area contributed by atoms with Gasteiger partial charge in [0.15, 0.2) is 5.75 Å². The van der Waals surface area contributed by atoms with Gasteiger partial charge in [0.25, 0.3) is 0 Å². The number of fused-ring (bicyclic) bond motifs is 1.